The lowest BCUT2D eigenvalue weighted by molar-refractivity contribution is 0.0613. The van der Waals surface area contributed by atoms with Crippen molar-refractivity contribution in [2.24, 2.45) is 5.41 Å². The number of nitrogens with one attached hydrogen (secondary N) is 1. The van der Waals surface area contributed by atoms with Crippen molar-refractivity contribution in [2.75, 3.05) is 13.1 Å². The molecule has 1 aliphatic rings. The van der Waals surface area contributed by atoms with E-state index in [-0.39, 0.29) is 0 Å². The number of hydrogen-bond donors (Lipinski definition) is 1. The van der Waals surface area contributed by atoms with Crippen LogP contribution in [0.2, 0.25) is 0 Å². The quantitative estimate of drug-likeness (QED) is 0.830. The summed E-state index contributed by atoms with van der Waals surface area (Å²) in [6, 6.07) is 1.35. The van der Waals surface area contributed by atoms with Crippen molar-refractivity contribution >= 4 is 0 Å². The first kappa shape index (κ1) is 17.0. The van der Waals surface area contributed by atoms with E-state index in [1.165, 1.54) is 38.8 Å². The minimum Gasteiger partial charge on any atom is -0.311 e. The Morgan fingerprint density at radius 2 is 1.63 bits per heavy atom. The molecule has 19 heavy (non-hydrogen) atoms. The summed E-state index contributed by atoms with van der Waals surface area (Å²) in [7, 11) is 0. The number of hydrogen-bond acceptors (Lipinski definition) is 2. The molecule has 2 heteroatoms. The van der Waals surface area contributed by atoms with Gasteiger partial charge in [0.1, 0.15) is 0 Å². The molecular formula is C17H36N2. The summed E-state index contributed by atoms with van der Waals surface area (Å²) >= 11 is 0. The van der Waals surface area contributed by atoms with Gasteiger partial charge in [-0.3, -0.25) is 4.90 Å². The van der Waals surface area contributed by atoms with Crippen LogP contribution in [-0.4, -0.2) is 35.6 Å². The molecule has 0 radical (unpaired) electrons. The number of rotatable bonds is 3. The topological polar surface area (TPSA) is 15.3 Å². The summed E-state index contributed by atoms with van der Waals surface area (Å²) in [6.07, 6.45) is 5.06. The van der Waals surface area contributed by atoms with E-state index >= 15 is 0 Å². The first-order chi connectivity index (χ1) is 8.64. The molecule has 2 atom stereocenters. The molecule has 1 rings (SSSR count). The van der Waals surface area contributed by atoms with Gasteiger partial charge in [-0.05, 0) is 51.9 Å². The van der Waals surface area contributed by atoms with Crippen LogP contribution >= 0.6 is 0 Å². The third-order valence-corrected chi connectivity index (χ3v) is 4.41. The fraction of sp³-hybridized carbons (Fsp3) is 1.00. The molecule has 1 fully saturated rings. The highest BCUT2D eigenvalue weighted by Gasteiger charge is 2.32. The zero-order valence-electron chi connectivity index (χ0n) is 14.3. The number of nitrogens with zero attached hydrogens (tertiary/aromatic N) is 1. The van der Waals surface area contributed by atoms with E-state index in [0.29, 0.717) is 23.0 Å². The molecule has 0 amide bonds. The Bertz CT molecular complexity index is 265. The van der Waals surface area contributed by atoms with E-state index < -0.39 is 0 Å². The van der Waals surface area contributed by atoms with Gasteiger partial charge in [-0.25, -0.2) is 0 Å². The molecule has 0 aliphatic carbocycles. The van der Waals surface area contributed by atoms with Gasteiger partial charge >= 0.3 is 0 Å². The predicted molar refractivity (Wildman–Crippen MR) is 85.6 cm³/mol. The van der Waals surface area contributed by atoms with Crippen molar-refractivity contribution in [2.45, 2.75) is 91.8 Å². The molecule has 1 saturated heterocycles. The molecule has 2 unspecified atom stereocenters. The second-order valence-corrected chi connectivity index (χ2v) is 8.29. The molecule has 2 nitrogen and oxygen atoms in total. The maximum Gasteiger partial charge on any atom is 0.0158 e. The Hall–Kier alpha value is -0.0800. The van der Waals surface area contributed by atoms with Crippen molar-refractivity contribution in [1.29, 1.82) is 0 Å². The maximum atomic E-state index is 3.76. The molecule has 1 aliphatic heterocycles. The molecule has 114 valence electrons. The van der Waals surface area contributed by atoms with Crippen molar-refractivity contribution in [3.63, 3.8) is 0 Å². The van der Waals surface area contributed by atoms with Crippen molar-refractivity contribution in [1.82, 2.24) is 10.2 Å². The Morgan fingerprint density at radius 3 is 2.16 bits per heavy atom. The van der Waals surface area contributed by atoms with E-state index in [2.05, 4.69) is 58.7 Å². The molecule has 0 bridgehead atoms. The van der Waals surface area contributed by atoms with Crippen LogP contribution in [0.15, 0.2) is 0 Å². The van der Waals surface area contributed by atoms with Gasteiger partial charge in [-0.2, -0.15) is 0 Å². The van der Waals surface area contributed by atoms with Crippen LogP contribution < -0.4 is 5.32 Å². The Kier molecular flexibility index (Phi) is 5.88. The molecule has 0 aromatic heterocycles. The minimum absolute atomic E-state index is 0.313. The third kappa shape index (κ3) is 5.83. The molecular weight excluding hydrogens is 232 g/mol. The second-order valence-electron chi connectivity index (χ2n) is 8.29. The maximum absolute atomic E-state index is 3.76. The SMILES string of the molecule is CCC1CCN(C(C)(C)CC(C)(C)C)CCC(C)N1. The van der Waals surface area contributed by atoms with Crippen LogP contribution in [0.4, 0.5) is 0 Å². The van der Waals surface area contributed by atoms with Crippen molar-refractivity contribution < 1.29 is 0 Å². The molecule has 1 N–H and O–H groups in total. The molecule has 0 spiro atoms. The largest absolute Gasteiger partial charge is 0.311 e. The highest BCUT2D eigenvalue weighted by Crippen LogP contribution is 2.32. The minimum atomic E-state index is 0.313. The van der Waals surface area contributed by atoms with Crippen LogP contribution in [-0.2, 0) is 0 Å². The Balaban J connectivity index is 2.69. The lowest BCUT2D eigenvalue weighted by Crippen LogP contribution is -2.52. The molecule has 0 saturated carbocycles. The average Bonchev–Trinajstić information content (AvgIpc) is 2.19. The highest BCUT2D eigenvalue weighted by molar-refractivity contribution is 4.89. The Morgan fingerprint density at radius 1 is 1.05 bits per heavy atom. The summed E-state index contributed by atoms with van der Waals surface area (Å²) in [5.74, 6) is 0. The molecule has 0 aromatic rings. The van der Waals surface area contributed by atoms with Crippen molar-refractivity contribution in [3.8, 4) is 0 Å². The van der Waals surface area contributed by atoms with Crippen LogP contribution in [0.1, 0.15) is 74.1 Å². The summed E-state index contributed by atoms with van der Waals surface area (Å²) in [6.45, 7) is 19.0. The molecule has 1 heterocycles. The van der Waals surface area contributed by atoms with Crippen LogP contribution in [0.25, 0.3) is 0 Å². The first-order valence-electron chi connectivity index (χ1n) is 8.15. The van der Waals surface area contributed by atoms with E-state index in [9.17, 15) is 0 Å². The van der Waals surface area contributed by atoms with Gasteiger partial charge in [0.05, 0.1) is 0 Å². The van der Waals surface area contributed by atoms with Gasteiger partial charge in [0.2, 0.25) is 0 Å². The lowest BCUT2D eigenvalue weighted by atomic mass is 9.80. The van der Waals surface area contributed by atoms with E-state index in [1.807, 2.05) is 0 Å². The zero-order valence-corrected chi connectivity index (χ0v) is 14.3. The monoisotopic (exact) mass is 268 g/mol. The summed E-state index contributed by atoms with van der Waals surface area (Å²) in [4.78, 5) is 2.73. The van der Waals surface area contributed by atoms with Crippen LogP contribution in [0.3, 0.4) is 0 Å². The fourth-order valence-electron chi connectivity index (χ4n) is 3.68. The van der Waals surface area contributed by atoms with Crippen LogP contribution in [0, 0.1) is 5.41 Å². The second kappa shape index (κ2) is 6.58. The average molecular weight is 268 g/mol. The summed E-state index contributed by atoms with van der Waals surface area (Å²) in [5.41, 5.74) is 0.716. The summed E-state index contributed by atoms with van der Waals surface area (Å²) in [5, 5.41) is 3.76. The van der Waals surface area contributed by atoms with Crippen molar-refractivity contribution in [3.05, 3.63) is 0 Å². The summed E-state index contributed by atoms with van der Waals surface area (Å²) < 4.78 is 0. The normalized spacial score (nSPS) is 27.9. The van der Waals surface area contributed by atoms with Crippen LogP contribution in [0.5, 0.6) is 0 Å². The smallest absolute Gasteiger partial charge is 0.0158 e. The van der Waals surface area contributed by atoms with Gasteiger partial charge in [0.25, 0.3) is 0 Å². The molecule has 0 aromatic carbocycles. The lowest BCUT2D eigenvalue weighted by Gasteiger charge is -2.44. The first-order valence-corrected chi connectivity index (χ1v) is 8.15. The van der Waals surface area contributed by atoms with Gasteiger partial charge in [0.15, 0.2) is 0 Å². The standard InChI is InChI=1S/C17H36N2/c1-8-15-10-12-19(11-9-14(2)18-15)17(6,7)13-16(3,4)5/h14-15,18H,8-13H2,1-7H3. The van der Waals surface area contributed by atoms with Gasteiger partial charge in [-0.1, -0.05) is 27.7 Å². The fourth-order valence-corrected chi connectivity index (χ4v) is 3.68. The van der Waals surface area contributed by atoms with E-state index in [4.69, 9.17) is 0 Å². The predicted octanol–water partition coefficient (Wildman–Crippen LogP) is 4.05. The highest BCUT2D eigenvalue weighted by atomic mass is 15.2. The Labute approximate surface area is 121 Å². The van der Waals surface area contributed by atoms with E-state index in [0.717, 1.165) is 0 Å². The third-order valence-electron chi connectivity index (χ3n) is 4.41. The van der Waals surface area contributed by atoms with Gasteiger partial charge < -0.3 is 5.32 Å². The zero-order chi connectivity index (χ0) is 14.7. The van der Waals surface area contributed by atoms with Gasteiger partial charge in [-0.15, -0.1) is 0 Å². The van der Waals surface area contributed by atoms with E-state index in [1.54, 1.807) is 0 Å². The van der Waals surface area contributed by atoms with Gasteiger partial charge in [0, 0.05) is 30.7 Å².